The van der Waals surface area contributed by atoms with E-state index in [1.54, 1.807) is 6.20 Å². The monoisotopic (exact) mass is 366 g/mol. The minimum Gasteiger partial charge on any atom is -0.439 e. The van der Waals surface area contributed by atoms with Gasteiger partial charge in [0.2, 0.25) is 5.88 Å². The lowest BCUT2D eigenvalue weighted by Crippen LogP contribution is -2.17. The molecule has 26 heavy (non-hydrogen) atoms. The van der Waals surface area contributed by atoms with Gasteiger partial charge in [0.05, 0.1) is 0 Å². The van der Waals surface area contributed by atoms with Crippen LogP contribution in [0.3, 0.4) is 0 Å². The van der Waals surface area contributed by atoms with Crippen molar-refractivity contribution in [3.05, 3.63) is 88.6 Å². The Morgan fingerprint density at radius 3 is 2.46 bits per heavy atom. The molecule has 0 fully saturated rings. The van der Waals surface area contributed by atoms with Crippen LogP contribution < -0.4 is 10.1 Å². The van der Waals surface area contributed by atoms with Gasteiger partial charge < -0.3 is 10.1 Å². The molecule has 4 heteroatoms. The van der Waals surface area contributed by atoms with E-state index < -0.39 is 0 Å². The van der Waals surface area contributed by atoms with E-state index in [0.29, 0.717) is 16.9 Å². The fraction of sp³-hybridized carbons (Fsp3) is 0.227. The Kier molecular flexibility index (Phi) is 6.26. The zero-order chi connectivity index (χ0) is 18.4. The molecule has 0 unspecified atom stereocenters. The number of pyridine rings is 1. The molecule has 0 aliphatic rings. The maximum atomic E-state index is 5.95. The van der Waals surface area contributed by atoms with Crippen molar-refractivity contribution in [3.63, 3.8) is 0 Å². The molecule has 0 amide bonds. The van der Waals surface area contributed by atoms with Crippen LogP contribution in [0.4, 0.5) is 0 Å². The number of rotatable bonds is 7. The minimum absolute atomic E-state index is 0.358. The van der Waals surface area contributed by atoms with Gasteiger partial charge in [0.25, 0.3) is 0 Å². The lowest BCUT2D eigenvalue weighted by Gasteiger charge is -2.14. The summed E-state index contributed by atoms with van der Waals surface area (Å²) in [6.07, 6.45) is 2.52. The molecule has 3 nitrogen and oxygen atoms in total. The quantitative estimate of drug-likeness (QED) is 0.574. The zero-order valence-electron chi connectivity index (χ0n) is 15.1. The van der Waals surface area contributed by atoms with Crippen LogP contribution in [-0.2, 0) is 6.42 Å². The molecule has 0 aliphatic carbocycles. The fourth-order valence-corrected chi connectivity index (χ4v) is 2.96. The molecule has 3 aromatic rings. The standard InChI is InChI=1S/C22H23ClN2O/c1-3-24-16(2)18-8-6-17(7-9-18)15-19-5-4-14-25-22(19)26-21-12-10-20(23)11-13-21/h4-14,16,24H,3,15H2,1-2H3/t16-/m0/s1. The second-order valence-electron chi connectivity index (χ2n) is 6.22. The van der Waals surface area contributed by atoms with Crippen LogP contribution in [0.2, 0.25) is 5.02 Å². The summed E-state index contributed by atoms with van der Waals surface area (Å²) in [5.74, 6) is 1.35. The van der Waals surface area contributed by atoms with Crippen molar-refractivity contribution >= 4 is 11.6 Å². The molecule has 1 N–H and O–H groups in total. The largest absolute Gasteiger partial charge is 0.439 e. The van der Waals surface area contributed by atoms with E-state index in [1.807, 2.05) is 36.4 Å². The molecule has 0 aliphatic heterocycles. The Morgan fingerprint density at radius 2 is 1.77 bits per heavy atom. The van der Waals surface area contributed by atoms with E-state index in [1.165, 1.54) is 11.1 Å². The lowest BCUT2D eigenvalue weighted by atomic mass is 10.0. The molecule has 1 atom stereocenters. The van der Waals surface area contributed by atoms with E-state index in [9.17, 15) is 0 Å². The first-order chi connectivity index (χ1) is 12.7. The van der Waals surface area contributed by atoms with Crippen LogP contribution >= 0.6 is 11.6 Å². The molecule has 0 spiro atoms. The van der Waals surface area contributed by atoms with Crippen LogP contribution in [0, 0.1) is 0 Å². The van der Waals surface area contributed by atoms with Gasteiger partial charge >= 0.3 is 0 Å². The van der Waals surface area contributed by atoms with Gasteiger partial charge in [-0.2, -0.15) is 0 Å². The second kappa shape index (κ2) is 8.84. The fourth-order valence-electron chi connectivity index (χ4n) is 2.83. The SMILES string of the molecule is CCN[C@@H](C)c1ccc(Cc2cccnc2Oc2ccc(Cl)cc2)cc1. The van der Waals surface area contributed by atoms with E-state index in [0.717, 1.165) is 24.3 Å². The number of halogens is 1. The number of hydrogen-bond acceptors (Lipinski definition) is 3. The first-order valence-corrected chi connectivity index (χ1v) is 9.23. The molecule has 3 rings (SSSR count). The van der Waals surface area contributed by atoms with Crippen LogP contribution in [0.1, 0.15) is 36.6 Å². The summed E-state index contributed by atoms with van der Waals surface area (Å²) >= 11 is 5.93. The van der Waals surface area contributed by atoms with Gasteiger partial charge in [-0.05, 0) is 54.9 Å². The molecule has 0 bridgehead atoms. The molecule has 1 heterocycles. The van der Waals surface area contributed by atoms with Gasteiger partial charge in [-0.3, -0.25) is 0 Å². The van der Waals surface area contributed by atoms with E-state index in [2.05, 4.69) is 48.4 Å². The number of ether oxygens (including phenoxy) is 1. The third kappa shape index (κ3) is 4.84. The molecule has 2 aromatic carbocycles. The molecule has 0 saturated carbocycles. The van der Waals surface area contributed by atoms with Gasteiger partial charge in [-0.1, -0.05) is 48.9 Å². The smallest absolute Gasteiger partial charge is 0.222 e. The van der Waals surface area contributed by atoms with Crippen LogP contribution in [0.5, 0.6) is 11.6 Å². The van der Waals surface area contributed by atoms with Gasteiger partial charge in [0.1, 0.15) is 5.75 Å². The van der Waals surface area contributed by atoms with Crippen molar-refractivity contribution in [1.82, 2.24) is 10.3 Å². The lowest BCUT2D eigenvalue weighted by molar-refractivity contribution is 0.457. The second-order valence-corrected chi connectivity index (χ2v) is 6.66. The highest BCUT2D eigenvalue weighted by molar-refractivity contribution is 6.30. The van der Waals surface area contributed by atoms with Crippen molar-refractivity contribution in [2.45, 2.75) is 26.3 Å². The summed E-state index contributed by atoms with van der Waals surface area (Å²) in [7, 11) is 0. The zero-order valence-corrected chi connectivity index (χ0v) is 15.8. The Balaban J connectivity index is 1.74. The molecule has 134 valence electrons. The average Bonchev–Trinajstić information content (AvgIpc) is 2.66. The minimum atomic E-state index is 0.358. The van der Waals surface area contributed by atoms with Crippen molar-refractivity contribution in [2.75, 3.05) is 6.54 Å². The molecular formula is C22H23ClN2O. The van der Waals surface area contributed by atoms with Crippen molar-refractivity contribution in [2.24, 2.45) is 0 Å². The van der Waals surface area contributed by atoms with Gasteiger partial charge in [0.15, 0.2) is 0 Å². The Hall–Kier alpha value is -2.36. The predicted molar refractivity (Wildman–Crippen MR) is 107 cm³/mol. The number of benzene rings is 2. The highest BCUT2D eigenvalue weighted by Gasteiger charge is 2.09. The first kappa shape index (κ1) is 18.4. The number of nitrogens with one attached hydrogen (secondary N) is 1. The molecule has 0 radical (unpaired) electrons. The summed E-state index contributed by atoms with van der Waals surface area (Å²) in [5, 5.41) is 4.12. The summed E-state index contributed by atoms with van der Waals surface area (Å²) in [6.45, 7) is 5.26. The first-order valence-electron chi connectivity index (χ1n) is 8.85. The summed E-state index contributed by atoms with van der Waals surface area (Å²) in [6, 6.07) is 20.3. The van der Waals surface area contributed by atoms with E-state index >= 15 is 0 Å². The Labute approximate surface area is 160 Å². The van der Waals surface area contributed by atoms with Gasteiger partial charge in [-0.25, -0.2) is 4.98 Å². The Bertz CT molecular complexity index is 832. The topological polar surface area (TPSA) is 34.2 Å². The van der Waals surface area contributed by atoms with Crippen molar-refractivity contribution in [3.8, 4) is 11.6 Å². The maximum absolute atomic E-state index is 5.95. The van der Waals surface area contributed by atoms with Crippen LogP contribution in [0.15, 0.2) is 66.9 Å². The summed E-state index contributed by atoms with van der Waals surface area (Å²) < 4.78 is 5.95. The molecular weight excluding hydrogens is 344 g/mol. The van der Waals surface area contributed by atoms with Gasteiger partial charge in [-0.15, -0.1) is 0 Å². The number of nitrogens with zero attached hydrogens (tertiary/aromatic N) is 1. The van der Waals surface area contributed by atoms with Crippen LogP contribution in [0.25, 0.3) is 0 Å². The van der Waals surface area contributed by atoms with E-state index in [4.69, 9.17) is 16.3 Å². The van der Waals surface area contributed by atoms with Crippen molar-refractivity contribution < 1.29 is 4.74 Å². The maximum Gasteiger partial charge on any atom is 0.222 e. The third-order valence-electron chi connectivity index (χ3n) is 4.26. The Morgan fingerprint density at radius 1 is 1.04 bits per heavy atom. The molecule has 1 aromatic heterocycles. The summed E-state index contributed by atoms with van der Waals surface area (Å²) in [5.41, 5.74) is 3.57. The predicted octanol–water partition coefficient (Wildman–Crippen LogP) is 5.79. The highest BCUT2D eigenvalue weighted by Crippen LogP contribution is 2.26. The van der Waals surface area contributed by atoms with Crippen LogP contribution in [-0.4, -0.2) is 11.5 Å². The van der Waals surface area contributed by atoms with E-state index in [-0.39, 0.29) is 0 Å². The van der Waals surface area contributed by atoms with Crippen molar-refractivity contribution in [1.29, 1.82) is 0 Å². The third-order valence-corrected chi connectivity index (χ3v) is 4.51. The molecule has 0 saturated heterocycles. The average molecular weight is 367 g/mol. The number of hydrogen-bond donors (Lipinski definition) is 1. The summed E-state index contributed by atoms with van der Waals surface area (Å²) in [4.78, 5) is 4.40. The van der Waals surface area contributed by atoms with Gasteiger partial charge in [0, 0.05) is 29.2 Å². The highest BCUT2D eigenvalue weighted by atomic mass is 35.5. The normalized spacial score (nSPS) is 12.0. The number of aromatic nitrogens is 1.